The molecule has 0 bridgehead atoms. The first-order chi connectivity index (χ1) is 14.8. The Morgan fingerprint density at radius 3 is 2.37 bits per heavy atom. The van der Waals surface area contributed by atoms with E-state index in [0.717, 1.165) is 51.6 Å². The zero-order valence-corrected chi connectivity index (χ0v) is 17.5. The number of aryl methyl sites for hydroxylation is 3. The maximum Gasteiger partial charge on any atom is 0.276 e. The summed E-state index contributed by atoms with van der Waals surface area (Å²) in [7, 11) is 0. The number of hydrogen-bond acceptors (Lipinski definition) is 3. The van der Waals surface area contributed by atoms with Gasteiger partial charge in [0.05, 0.1) is 6.20 Å². The predicted octanol–water partition coefficient (Wildman–Crippen LogP) is 4.54. The number of aromatic nitrogens is 3. The minimum absolute atomic E-state index is 0.0297. The molecule has 1 fully saturated rings. The van der Waals surface area contributed by atoms with Crippen molar-refractivity contribution < 1.29 is 4.79 Å². The van der Waals surface area contributed by atoms with Gasteiger partial charge in [-0.25, -0.2) is 0 Å². The lowest BCUT2D eigenvalue weighted by molar-refractivity contribution is 0.0595. The highest BCUT2D eigenvalue weighted by Crippen LogP contribution is 2.23. The molecule has 2 aromatic carbocycles. The molecule has 0 N–H and O–H groups in total. The first-order valence-electron chi connectivity index (χ1n) is 11.1. The fourth-order valence-electron chi connectivity index (χ4n) is 4.29. The fraction of sp³-hybridized carbons (Fsp3) is 0.400. The number of carbonyl (C=O) groups is 1. The second kappa shape index (κ2) is 10.2. The highest BCUT2D eigenvalue weighted by Gasteiger charge is 2.28. The van der Waals surface area contributed by atoms with Crippen molar-refractivity contribution in [3.05, 3.63) is 83.7 Å². The van der Waals surface area contributed by atoms with Crippen molar-refractivity contribution in [3.8, 4) is 0 Å². The lowest BCUT2D eigenvalue weighted by Gasteiger charge is -2.35. The molecule has 30 heavy (non-hydrogen) atoms. The van der Waals surface area contributed by atoms with Crippen LogP contribution in [0, 0.1) is 0 Å². The molecule has 0 saturated carbocycles. The van der Waals surface area contributed by atoms with Crippen LogP contribution in [0.25, 0.3) is 0 Å². The number of nitrogens with zero attached hydrogens (tertiary/aromatic N) is 4. The van der Waals surface area contributed by atoms with Crippen molar-refractivity contribution in [1.82, 2.24) is 19.9 Å². The number of benzene rings is 2. The highest BCUT2D eigenvalue weighted by atomic mass is 16.2. The SMILES string of the molecule is O=C(c1cn(CCCc2ccccc2)nn1)N1CCCCC1CCc1ccccc1. The molecule has 1 saturated heterocycles. The summed E-state index contributed by atoms with van der Waals surface area (Å²) < 4.78 is 1.80. The van der Waals surface area contributed by atoms with Gasteiger partial charge in [-0.2, -0.15) is 0 Å². The van der Waals surface area contributed by atoms with Crippen LogP contribution in [-0.4, -0.2) is 38.4 Å². The Labute approximate surface area is 178 Å². The van der Waals surface area contributed by atoms with Crippen molar-refractivity contribution in [2.45, 2.75) is 57.5 Å². The van der Waals surface area contributed by atoms with Gasteiger partial charge in [-0.05, 0) is 56.1 Å². The molecule has 4 rings (SSSR count). The van der Waals surface area contributed by atoms with Crippen LogP contribution in [0.2, 0.25) is 0 Å². The van der Waals surface area contributed by atoms with E-state index in [1.807, 2.05) is 23.2 Å². The van der Waals surface area contributed by atoms with Gasteiger partial charge in [-0.3, -0.25) is 9.48 Å². The summed E-state index contributed by atoms with van der Waals surface area (Å²) in [6.07, 6.45) is 9.12. The molecule has 1 amide bonds. The molecule has 1 aliphatic heterocycles. The Bertz CT molecular complexity index is 923. The lowest BCUT2D eigenvalue weighted by Crippen LogP contribution is -2.44. The Morgan fingerprint density at radius 1 is 0.933 bits per heavy atom. The largest absolute Gasteiger partial charge is 0.334 e. The van der Waals surface area contributed by atoms with Crippen LogP contribution in [0.3, 0.4) is 0 Å². The molecule has 1 atom stereocenters. The van der Waals surface area contributed by atoms with Crippen molar-refractivity contribution >= 4 is 5.91 Å². The zero-order chi connectivity index (χ0) is 20.6. The maximum absolute atomic E-state index is 13.1. The van der Waals surface area contributed by atoms with Crippen LogP contribution in [-0.2, 0) is 19.4 Å². The van der Waals surface area contributed by atoms with Crippen molar-refractivity contribution in [1.29, 1.82) is 0 Å². The van der Waals surface area contributed by atoms with Gasteiger partial charge < -0.3 is 4.90 Å². The van der Waals surface area contributed by atoms with Crippen LogP contribution in [0.15, 0.2) is 66.9 Å². The number of hydrogen-bond donors (Lipinski definition) is 0. The third-order valence-corrected chi connectivity index (χ3v) is 5.95. The van der Waals surface area contributed by atoms with Crippen LogP contribution >= 0.6 is 0 Å². The number of amides is 1. The minimum atomic E-state index is 0.0297. The zero-order valence-electron chi connectivity index (χ0n) is 17.5. The van der Waals surface area contributed by atoms with Crippen molar-refractivity contribution in [2.24, 2.45) is 0 Å². The summed E-state index contributed by atoms with van der Waals surface area (Å²) in [5.41, 5.74) is 3.13. The Morgan fingerprint density at radius 2 is 1.63 bits per heavy atom. The summed E-state index contributed by atoms with van der Waals surface area (Å²) in [6, 6.07) is 21.3. The molecule has 5 heteroatoms. The molecule has 156 valence electrons. The molecule has 1 aromatic heterocycles. The molecule has 0 aliphatic carbocycles. The van der Waals surface area contributed by atoms with E-state index in [1.165, 1.54) is 17.5 Å². The topological polar surface area (TPSA) is 51.0 Å². The van der Waals surface area contributed by atoms with E-state index in [9.17, 15) is 4.79 Å². The predicted molar refractivity (Wildman–Crippen MR) is 118 cm³/mol. The smallest absolute Gasteiger partial charge is 0.276 e. The molecular weight excluding hydrogens is 372 g/mol. The highest BCUT2D eigenvalue weighted by molar-refractivity contribution is 5.92. The normalized spacial score (nSPS) is 16.5. The first kappa shape index (κ1) is 20.3. The van der Waals surface area contributed by atoms with Crippen LogP contribution in [0.5, 0.6) is 0 Å². The van der Waals surface area contributed by atoms with E-state index in [2.05, 4.69) is 58.8 Å². The number of likely N-dealkylation sites (tertiary alicyclic amines) is 1. The van der Waals surface area contributed by atoms with E-state index < -0.39 is 0 Å². The fourth-order valence-corrected chi connectivity index (χ4v) is 4.29. The number of rotatable bonds is 8. The third-order valence-electron chi connectivity index (χ3n) is 5.95. The van der Waals surface area contributed by atoms with Crippen LogP contribution < -0.4 is 0 Å². The van der Waals surface area contributed by atoms with Crippen LogP contribution in [0.4, 0.5) is 0 Å². The second-order valence-corrected chi connectivity index (χ2v) is 8.13. The van der Waals surface area contributed by atoms with Gasteiger partial charge >= 0.3 is 0 Å². The monoisotopic (exact) mass is 402 g/mol. The van der Waals surface area contributed by atoms with Gasteiger partial charge in [0.1, 0.15) is 0 Å². The molecule has 2 heterocycles. The molecule has 0 radical (unpaired) electrons. The molecule has 0 spiro atoms. The van der Waals surface area contributed by atoms with Gasteiger partial charge in [-0.1, -0.05) is 65.9 Å². The van der Waals surface area contributed by atoms with Gasteiger partial charge in [0, 0.05) is 19.1 Å². The van der Waals surface area contributed by atoms with E-state index in [0.29, 0.717) is 5.69 Å². The minimum Gasteiger partial charge on any atom is -0.334 e. The van der Waals surface area contributed by atoms with E-state index in [-0.39, 0.29) is 11.9 Å². The molecule has 1 unspecified atom stereocenters. The third kappa shape index (κ3) is 5.35. The summed E-state index contributed by atoms with van der Waals surface area (Å²) in [5.74, 6) is 0.0297. The maximum atomic E-state index is 13.1. The number of carbonyl (C=O) groups excluding carboxylic acids is 1. The van der Waals surface area contributed by atoms with Crippen molar-refractivity contribution in [3.63, 3.8) is 0 Å². The van der Waals surface area contributed by atoms with Gasteiger partial charge in [0.2, 0.25) is 0 Å². The molecule has 3 aromatic rings. The molecule has 1 aliphatic rings. The Balaban J connectivity index is 1.33. The average molecular weight is 403 g/mol. The van der Waals surface area contributed by atoms with Gasteiger partial charge in [0.25, 0.3) is 5.91 Å². The second-order valence-electron chi connectivity index (χ2n) is 8.13. The first-order valence-corrected chi connectivity index (χ1v) is 11.1. The summed E-state index contributed by atoms with van der Waals surface area (Å²) in [6.45, 7) is 1.59. The van der Waals surface area contributed by atoms with Crippen LogP contribution in [0.1, 0.15) is 53.7 Å². The summed E-state index contributed by atoms with van der Waals surface area (Å²) in [4.78, 5) is 15.2. The van der Waals surface area contributed by atoms with Gasteiger partial charge in [0.15, 0.2) is 5.69 Å². The standard InChI is InChI=1S/C25H30N4O/c30-25(24-20-28(27-26-24)18-9-14-21-10-3-1-4-11-21)29-19-8-7-15-23(29)17-16-22-12-5-2-6-13-22/h1-6,10-13,20,23H,7-9,14-19H2. The van der Waals surface area contributed by atoms with E-state index in [1.54, 1.807) is 4.68 Å². The Kier molecular flexibility index (Phi) is 6.91. The Hall–Kier alpha value is -2.95. The van der Waals surface area contributed by atoms with Crippen molar-refractivity contribution in [2.75, 3.05) is 6.54 Å². The van der Waals surface area contributed by atoms with E-state index in [4.69, 9.17) is 0 Å². The summed E-state index contributed by atoms with van der Waals surface area (Å²) in [5, 5.41) is 8.39. The number of piperidine rings is 1. The molecule has 5 nitrogen and oxygen atoms in total. The van der Waals surface area contributed by atoms with Gasteiger partial charge in [-0.15, -0.1) is 5.10 Å². The quantitative estimate of drug-likeness (QED) is 0.556. The van der Waals surface area contributed by atoms with E-state index >= 15 is 0 Å². The average Bonchev–Trinajstić information content (AvgIpc) is 3.28. The molecular formula is C25H30N4O. The summed E-state index contributed by atoms with van der Waals surface area (Å²) >= 11 is 0. The lowest BCUT2D eigenvalue weighted by atomic mass is 9.95.